The number of rotatable bonds is 3. The number of nitrogens with one attached hydrogen (secondary N) is 1. The molecular formula is C8H17NO. The van der Waals surface area contributed by atoms with E-state index in [0.29, 0.717) is 6.10 Å². The molecule has 2 nitrogen and oxygen atoms in total. The SMILES string of the molecule is CNCC[C@@H]1CCCCO1. The van der Waals surface area contributed by atoms with Gasteiger partial charge >= 0.3 is 0 Å². The van der Waals surface area contributed by atoms with Gasteiger partial charge < -0.3 is 10.1 Å². The molecular weight excluding hydrogens is 126 g/mol. The van der Waals surface area contributed by atoms with Gasteiger partial charge in [0.1, 0.15) is 0 Å². The van der Waals surface area contributed by atoms with Crippen molar-refractivity contribution >= 4 is 0 Å². The Morgan fingerprint density at radius 3 is 3.00 bits per heavy atom. The molecule has 60 valence electrons. The smallest absolute Gasteiger partial charge is 0.0587 e. The maximum Gasteiger partial charge on any atom is 0.0587 e. The second-order valence-electron chi connectivity index (χ2n) is 2.88. The van der Waals surface area contributed by atoms with Crippen molar-refractivity contribution < 1.29 is 4.74 Å². The van der Waals surface area contributed by atoms with E-state index in [1.807, 2.05) is 7.05 Å². The molecule has 0 aromatic rings. The van der Waals surface area contributed by atoms with Crippen LogP contribution in [0.4, 0.5) is 0 Å². The minimum atomic E-state index is 0.543. The van der Waals surface area contributed by atoms with Gasteiger partial charge in [0.05, 0.1) is 6.10 Å². The number of ether oxygens (including phenoxy) is 1. The summed E-state index contributed by atoms with van der Waals surface area (Å²) >= 11 is 0. The van der Waals surface area contributed by atoms with Crippen LogP contribution in [0.15, 0.2) is 0 Å². The molecule has 0 aliphatic carbocycles. The Labute approximate surface area is 63.0 Å². The molecule has 1 aliphatic heterocycles. The van der Waals surface area contributed by atoms with Crippen molar-refractivity contribution in [2.24, 2.45) is 0 Å². The van der Waals surface area contributed by atoms with Gasteiger partial charge in [-0.2, -0.15) is 0 Å². The third-order valence-electron chi connectivity index (χ3n) is 1.99. The van der Waals surface area contributed by atoms with Gasteiger partial charge in [0, 0.05) is 6.61 Å². The fourth-order valence-electron chi connectivity index (χ4n) is 1.34. The van der Waals surface area contributed by atoms with Crippen LogP contribution in [-0.2, 0) is 4.74 Å². The van der Waals surface area contributed by atoms with Crippen molar-refractivity contribution in [2.75, 3.05) is 20.2 Å². The normalized spacial score (nSPS) is 26.7. The monoisotopic (exact) mass is 143 g/mol. The maximum absolute atomic E-state index is 5.54. The summed E-state index contributed by atoms with van der Waals surface area (Å²) in [5.74, 6) is 0. The molecule has 0 amide bonds. The van der Waals surface area contributed by atoms with E-state index in [9.17, 15) is 0 Å². The molecule has 0 saturated carbocycles. The van der Waals surface area contributed by atoms with Crippen molar-refractivity contribution in [2.45, 2.75) is 31.8 Å². The summed E-state index contributed by atoms with van der Waals surface area (Å²) in [7, 11) is 1.99. The van der Waals surface area contributed by atoms with E-state index in [1.165, 1.54) is 25.7 Å². The van der Waals surface area contributed by atoms with Gasteiger partial charge in [-0.3, -0.25) is 0 Å². The molecule has 0 unspecified atom stereocenters. The highest BCUT2D eigenvalue weighted by Crippen LogP contribution is 2.14. The lowest BCUT2D eigenvalue weighted by Crippen LogP contribution is -2.23. The minimum Gasteiger partial charge on any atom is -0.378 e. The first-order chi connectivity index (χ1) is 4.93. The summed E-state index contributed by atoms with van der Waals surface area (Å²) in [5.41, 5.74) is 0. The standard InChI is InChI=1S/C8H17NO/c1-9-6-5-8-4-2-3-7-10-8/h8-9H,2-7H2,1H3/t8-/m0/s1. The Hall–Kier alpha value is -0.0800. The molecule has 2 heteroatoms. The van der Waals surface area contributed by atoms with Crippen molar-refractivity contribution in [1.29, 1.82) is 0 Å². The van der Waals surface area contributed by atoms with Crippen LogP contribution in [-0.4, -0.2) is 26.3 Å². The fraction of sp³-hybridized carbons (Fsp3) is 1.00. The second kappa shape index (κ2) is 4.69. The predicted molar refractivity (Wildman–Crippen MR) is 42.1 cm³/mol. The van der Waals surface area contributed by atoms with Crippen molar-refractivity contribution in [3.8, 4) is 0 Å². The fourth-order valence-corrected chi connectivity index (χ4v) is 1.34. The van der Waals surface area contributed by atoms with E-state index < -0.39 is 0 Å². The Morgan fingerprint density at radius 2 is 2.40 bits per heavy atom. The molecule has 0 bridgehead atoms. The summed E-state index contributed by atoms with van der Waals surface area (Å²) in [6.07, 6.45) is 5.60. The van der Waals surface area contributed by atoms with Crippen molar-refractivity contribution in [3.63, 3.8) is 0 Å². The van der Waals surface area contributed by atoms with Crippen LogP contribution >= 0.6 is 0 Å². The number of hydrogen-bond donors (Lipinski definition) is 1. The van der Waals surface area contributed by atoms with Crippen LogP contribution in [0.5, 0.6) is 0 Å². The van der Waals surface area contributed by atoms with Crippen LogP contribution < -0.4 is 5.32 Å². The Balaban J connectivity index is 2.02. The zero-order chi connectivity index (χ0) is 7.23. The Bertz CT molecular complexity index is 79.3. The molecule has 0 spiro atoms. The van der Waals surface area contributed by atoms with E-state index in [2.05, 4.69) is 5.32 Å². The van der Waals surface area contributed by atoms with Crippen molar-refractivity contribution in [3.05, 3.63) is 0 Å². The molecule has 1 saturated heterocycles. The summed E-state index contributed by atoms with van der Waals surface area (Å²) in [5, 5.41) is 3.13. The lowest BCUT2D eigenvalue weighted by Gasteiger charge is -2.22. The highest BCUT2D eigenvalue weighted by Gasteiger charge is 2.11. The van der Waals surface area contributed by atoms with Gasteiger partial charge in [-0.05, 0) is 39.3 Å². The molecule has 1 rings (SSSR count). The van der Waals surface area contributed by atoms with Gasteiger partial charge in [-0.25, -0.2) is 0 Å². The first-order valence-corrected chi connectivity index (χ1v) is 4.19. The largest absolute Gasteiger partial charge is 0.378 e. The zero-order valence-electron chi connectivity index (χ0n) is 6.73. The third kappa shape index (κ3) is 2.67. The lowest BCUT2D eigenvalue weighted by atomic mass is 10.1. The minimum absolute atomic E-state index is 0.543. The van der Waals surface area contributed by atoms with Crippen LogP contribution in [0.3, 0.4) is 0 Å². The summed E-state index contributed by atoms with van der Waals surface area (Å²) < 4.78 is 5.54. The van der Waals surface area contributed by atoms with E-state index in [-0.39, 0.29) is 0 Å². The average molecular weight is 143 g/mol. The predicted octanol–water partition coefficient (Wildman–Crippen LogP) is 1.16. The zero-order valence-corrected chi connectivity index (χ0v) is 6.73. The number of hydrogen-bond acceptors (Lipinski definition) is 2. The summed E-state index contributed by atoms with van der Waals surface area (Å²) in [6, 6.07) is 0. The van der Waals surface area contributed by atoms with E-state index >= 15 is 0 Å². The topological polar surface area (TPSA) is 21.3 Å². The second-order valence-corrected chi connectivity index (χ2v) is 2.88. The van der Waals surface area contributed by atoms with E-state index in [1.54, 1.807) is 0 Å². The molecule has 0 aromatic carbocycles. The van der Waals surface area contributed by atoms with Crippen LogP contribution in [0.25, 0.3) is 0 Å². The van der Waals surface area contributed by atoms with Crippen LogP contribution in [0.2, 0.25) is 0 Å². The Kier molecular flexibility index (Phi) is 3.76. The lowest BCUT2D eigenvalue weighted by molar-refractivity contribution is 0.0118. The van der Waals surface area contributed by atoms with Crippen LogP contribution in [0, 0.1) is 0 Å². The molecule has 1 fully saturated rings. The molecule has 1 aliphatic rings. The van der Waals surface area contributed by atoms with Crippen LogP contribution in [0.1, 0.15) is 25.7 Å². The van der Waals surface area contributed by atoms with Crippen molar-refractivity contribution in [1.82, 2.24) is 5.32 Å². The first kappa shape index (κ1) is 8.02. The molecule has 10 heavy (non-hydrogen) atoms. The maximum atomic E-state index is 5.54. The first-order valence-electron chi connectivity index (χ1n) is 4.19. The summed E-state index contributed by atoms with van der Waals surface area (Å²) in [4.78, 5) is 0. The van der Waals surface area contributed by atoms with E-state index in [4.69, 9.17) is 4.74 Å². The molecule has 1 N–H and O–H groups in total. The van der Waals surface area contributed by atoms with Gasteiger partial charge in [0.2, 0.25) is 0 Å². The van der Waals surface area contributed by atoms with E-state index in [0.717, 1.165) is 13.2 Å². The molecule has 0 aromatic heterocycles. The highest BCUT2D eigenvalue weighted by atomic mass is 16.5. The van der Waals surface area contributed by atoms with Gasteiger partial charge in [0.15, 0.2) is 0 Å². The average Bonchev–Trinajstić information content (AvgIpc) is 2.03. The van der Waals surface area contributed by atoms with Gasteiger partial charge in [-0.1, -0.05) is 0 Å². The quantitative estimate of drug-likeness (QED) is 0.640. The van der Waals surface area contributed by atoms with Gasteiger partial charge in [0.25, 0.3) is 0 Å². The molecule has 1 atom stereocenters. The molecule has 0 radical (unpaired) electrons. The third-order valence-corrected chi connectivity index (χ3v) is 1.99. The molecule has 1 heterocycles. The van der Waals surface area contributed by atoms with Gasteiger partial charge in [-0.15, -0.1) is 0 Å². The summed E-state index contributed by atoms with van der Waals surface area (Å²) in [6.45, 7) is 2.07. The highest BCUT2D eigenvalue weighted by molar-refractivity contribution is 4.63. The Morgan fingerprint density at radius 1 is 1.50 bits per heavy atom.